The Morgan fingerprint density at radius 2 is 1.31 bits per heavy atom. The van der Waals surface area contributed by atoms with Gasteiger partial charge < -0.3 is 0 Å². The zero-order valence-electron chi connectivity index (χ0n) is 16.4. The number of carbonyl (C=O) groups is 2. The van der Waals surface area contributed by atoms with Crippen LogP contribution in [0.15, 0.2) is 72.8 Å². The SMILES string of the molecule is Cc1ccc(N2C(=O)[C@@H]3C4c5ccccc5C(C)(c5ccccc54)[C@H]3C2=O)cc1. The average molecular weight is 379 g/mol. The molecule has 0 aromatic heterocycles. The lowest BCUT2D eigenvalue weighted by Crippen LogP contribution is -2.51. The van der Waals surface area contributed by atoms with Crippen LogP contribution in [0.1, 0.15) is 40.7 Å². The van der Waals surface area contributed by atoms with E-state index in [2.05, 4.69) is 31.2 Å². The molecule has 7 rings (SSSR count). The quantitative estimate of drug-likeness (QED) is 0.581. The molecule has 0 spiro atoms. The summed E-state index contributed by atoms with van der Waals surface area (Å²) in [7, 11) is 0. The van der Waals surface area contributed by atoms with E-state index in [9.17, 15) is 9.59 Å². The van der Waals surface area contributed by atoms with E-state index in [1.807, 2.05) is 55.5 Å². The topological polar surface area (TPSA) is 37.4 Å². The van der Waals surface area contributed by atoms with Gasteiger partial charge in [0.15, 0.2) is 0 Å². The van der Waals surface area contributed by atoms with Gasteiger partial charge in [0.2, 0.25) is 11.8 Å². The molecule has 2 amide bonds. The maximum Gasteiger partial charge on any atom is 0.238 e. The van der Waals surface area contributed by atoms with Gasteiger partial charge in [-0.3, -0.25) is 9.59 Å². The molecule has 4 aliphatic rings. The van der Waals surface area contributed by atoms with Gasteiger partial charge in [-0.2, -0.15) is 0 Å². The molecule has 1 heterocycles. The molecule has 2 atom stereocenters. The largest absolute Gasteiger partial charge is 0.274 e. The Labute approximate surface area is 170 Å². The van der Waals surface area contributed by atoms with Gasteiger partial charge in [-0.25, -0.2) is 4.90 Å². The third-order valence-electron chi connectivity index (χ3n) is 7.34. The Bertz CT molecular complexity index is 1150. The van der Waals surface area contributed by atoms with Gasteiger partial charge in [-0.15, -0.1) is 0 Å². The van der Waals surface area contributed by atoms with Crippen LogP contribution in [0.4, 0.5) is 5.69 Å². The van der Waals surface area contributed by atoms with E-state index in [0.29, 0.717) is 5.69 Å². The molecule has 1 saturated heterocycles. The number of hydrogen-bond donors (Lipinski definition) is 0. The van der Waals surface area contributed by atoms with Crippen molar-refractivity contribution in [1.29, 1.82) is 0 Å². The van der Waals surface area contributed by atoms with Gasteiger partial charge in [0.25, 0.3) is 0 Å². The third-order valence-corrected chi connectivity index (χ3v) is 7.34. The van der Waals surface area contributed by atoms with E-state index >= 15 is 0 Å². The standard InChI is InChI=1S/C26H21NO2/c1-15-11-13-16(14-12-15)27-24(28)22-21-17-7-3-5-9-19(17)26(2,23(22)25(27)29)20-10-6-4-8-18(20)21/h3-14,21-23H,1-2H3/t21?,22-,23-,26?/m1/s1. The predicted molar refractivity (Wildman–Crippen MR) is 112 cm³/mol. The average Bonchev–Trinajstić information content (AvgIpc) is 3.01. The van der Waals surface area contributed by atoms with Crippen molar-refractivity contribution in [2.24, 2.45) is 11.8 Å². The van der Waals surface area contributed by atoms with Crippen molar-refractivity contribution in [3.05, 3.63) is 101 Å². The lowest BCUT2D eigenvalue weighted by molar-refractivity contribution is -0.123. The van der Waals surface area contributed by atoms with Crippen LogP contribution in [0.2, 0.25) is 0 Å². The van der Waals surface area contributed by atoms with Crippen molar-refractivity contribution in [1.82, 2.24) is 0 Å². The molecule has 0 saturated carbocycles. The van der Waals surface area contributed by atoms with Crippen LogP contribution in [-0.2, 0) is 15.0 Å². The first kappa shape index (κ1) is 16.7. The van der Waals surface area contributed by atoms with Crippen molar-refractivity contribution in [2.75, 3.05) is 4.90 Å². The highest BCUT2D eigenvalue weighted by Gasteiger charge is 2.66. The number of rotatable bonds is 1. The zero-order chi connectivity index (χ0) is 19.9. The molecule has 0 N–H and O–H groups in total. The van der Waals surface area contributed by atoms with Crippen LogP contribution in [0.5, 0.6) is 0 Å². The van der Waals surface area contributed by atoms with Crippen LogP contribution in [0.25, 0.3) is 0 Å². The minimum absolute atomic E-state index is 0.0657. The van der Waals surface area contributed by atoms with Crippen LogP contribution < -0.4 is 4.90 Å². The summed E-state index contributed by atoms with van der Waals surface area (Å²) < 4.78 is 0. The van der Waals surface area contributed by atoms with Crippen molar-refractivity contribution in [3.63, 3.8) is 0 Å². The number of benzene rings is 3. The van der Waals surface area contributed by atoms with Gasteiger partial charge in [0.05, 0.1) is 17.5 Å². The molecule has 29 heavy (non-hydrogen) atoms. The second-order valence-electron chi connectivity index (χ2n) is 8.71. The molecule has 1 fully saturated rings. The molecule has 3 aliphatic carbocycles. The Balaban J connectivity index is 1.61. The molecule has 142 valence electrons. The summed E-state index contributed by atoms with van der Waals surface area (Å²) in [5, 5.41) is 0. The highest BCUT2D eigenvalue weighted by Crippen LogP contribution is 2.64. The van der Waals surface area contributed by atoms with E-state index in [4.69, 9.17) is 0 Å². The molecular formula is C26H21NO2. The lowest BCUT2D eigenvalue weighted by Gasteiger charge is -2.52. The summed E-state index contributed by atoms with van der Waals surface area (Å²) in [5.41, 5.74) is 6.06. The maximum absolute atomic E-state index is 13.8. The molecular weight excluding hydrogens is 358 g/mol. The lowest BCUT2D eigenvalue weighted by atomic mass is 9.48. The highest BCUT2D eigenvalue weighted by molar-refractivity contribution is 6.23. The summed E-state index contributed by atoms with van der Waals surface area (Å²) in [6.45, 7) is 4.16. The normalized spacial score (nSPS) is 28.9. The fourth-order valence-corrected chi connectivity index (χ4v) is 6.10. The fraction of sp³-hybridized carbons (Fsp3) is 0.231. The number of carbonyl (C=O) groups excluding carboxylic acids is 2. The first-order chi connectivity index (χ1) is 14.0. The summed E-state index contributed by atoms with van der Waals surface area (Å²) in [5.74, 6) is -0.921. The van der Waals surface area contributed by atoms with Crippen LogP contribution in [0.3, 0.4) is 0 Å². The summed E-state index contributed by atoms with van der Waals surface area (Å²) in [6.07, 6.45) is 0. The molecule has 3 aromatic carbocycles. The van der Waals surface area contributed by atoms with Crippen LogP contribution >= 0.6 is 0 Å². The monoisotopic (exact) mass is 379 g/mol. The summed E-state index contributed by atoms with van der Waals surface area (Å²) >= 11 is 0. The number of hydrogen-bond acceptors (Lipinski definition) is 2. The highest BCUT2D eigenvalue weighted by atomic mass is 16.2. The molecule has 1 aliphatic heterocycles. The van der Waals surface area contributed by atoms with Crippen molar-refractivity contribution in [2.45, 2.75) is 25.2 Å². The van der Waals surface area contributed by atoms with Crippen LogP contribution in [-0.4, -0.2) is 11.8 Å². The Morgan fingerprint density at radius 1 is 0.759 bits per heavy atom. The van der Waals surface area contributed by atoms with Crippen molar-refractivity contribution in [3.8, 4) is 0 Å². The Kier molecular flexibility index (Phi) is 3.14. The number of nitrogens with zero attached hydrogens (tertiary/aromatic N) is 1. The van der Waals surface area contributed by atoms with E-state index in [0.717, 1.165) is 5.56 Å². The Morgan fingerprint density at radius 3 is 1.90 bits per heavy atom. The van der Waals surface area contributed by atoms with E-state index < -0.39 is 5.41 Å². The zero-order valence-corrected chi connectivity index (χ0v) is 16.4. The smallest absolute Gasteiger partial charge is 0.238 e. The van der Waals surface area contributed by atoms with Gasteiger partial charge in [-0.05, 0) is 41.3 Å². The minimum atomic E-state index is -0.501. The Hall–Kier alpha value is -3.20. The predicted octanol–water partition coefficient (Wildman–Crippen LogP) is 4.57. The molecule has 0 unspecified atom stereocenters. The number of aryl methyl sites for hydroxylation is 1. The molecule has 0 radical (unpaired) electrons. The van der Waals surface area contributed by atoms with E-state index in [1.54, 1.807) is 0 Å². The first-order valence-corrected chi connectivity index (χ1v) is 10.2. The van der Waals surface area contributed by atoms with E-state index in [-0.39, 0.29) is 29.6 Å². The molecule has 3 aromatic rings. The first-order valence-electron chi connectivity index (χ1n) is 10.2. The number of amides is 2. The summed E-state index contributed by atoms with van der Waals surface area (Å²) in [4.78, 5) is 28.9. The minimum Gasteiger partial charge on any atom is -0.274 e. The van der Waals surface area contributed by atoms with Crippen LogP contribution in [0, 0.1) is 18.8 Å². The molecule has 3 nitrogen and oxygen atoms in total. The van der Waals surface area contributed by atoms with Gasteiger partial charge in [0.1, 0.15) is 0 Å². The molecule has 2 bridgehead atoms. The second kappa shape index (κ2) is 5.44. The number of imide groups is 1. The van der Waals surface area contributed by atoms with Crippen molar-refractivity contribution < 1.29 is 9.59 Å². The van der Waals surface area contributed by atoms with E-state index in [1.165, 1.54) is 27.2 Å². The fourth-order valence-electron chi connectivity index (χ4n) is 6.10. The molecule has 3 heteroatoms. The van der Waals surface area contributed by atoms with Gasteiger partial charge >= 0.3 is 0 Å². The summed E-state index contributed by atoms with van der Waals surface area (Å²) in [6, 6.07) is 24.4. The third kappa shape index (κ3) is 1.88. The second-order valence-corrected chi connectivity index (χ2v) is 8.71. The number of anilines is 1. The van der Waals surface area contributed by atoms with Crippen molar-refractivity contribution >= 4 is 17.5 Å². The maximum atomic E-state index is 13.8. The van der Waals surface area contributed by atoms with Gasteiger partial charge in [-0.1, -0.05) is 73.2 Å². The van der Waals surface area contributed by atoms with Gasteiger partial charge in [0, 0.05) is 11.3 Å².